The first-order valence-electron chi connectivity index (χ1n) is 5.61. The molecule has 1 amide bonds. The number of esters is 1. The number of ether oxygens (including phenoxy) is 1. The van der Waals surface area contributed by atoms with Gasteiger partial charge in [-0.25, -0.2) is 4.79 Å². The monoisotopic (exact) mass is 248 g/mol. The number of carbonyl (C=O) groups is 2. The van der Waals surface area contributed by atoms with Crippen LogP contribution < -0.4 is 11.1 Å². The molecule has 0 fully saturated rings. The molecular weight excluding hydrogens is 232 g/mol. The van der Waals surface area contributed by atoms with E-state index in [4.69, 9.17) is 10.5 Å². The van der Waals surface area contributed by atoms with Crippen molar-refractivity contribution in [3.8, 4) is 0 Å². The Morgan fingerprint density at radius 2 is 2.11 bits per heavy atom. The number of rotatable bonds is 6. The Kier molecular flexibility index (Phi) is 5.44. The van der Waals surface area contributed by atoms with Gasteiger partial charge in [0.15, 0.2) is 0 Å². The quantitative estimate of drug-likeness (QED) is 0.587. The average Bonchev–Trinajstić information content (AvgIpc) is 2.35. The van der Waals surface area contributed by atoms with Gasteiger partial charge in [-0.3, -0.25) is 4.79 Å². The minimum Gasteiger partial charge on any atom is -0.463 e. The van der Waals surface area contributed by atoms with Crippen molar-refractivity contribution in [3.63, 3.8) is 0 Å². The number of carbonyl (C=O) groups excluding carboxylic acids is 2. The maximum absolute atomic E-state index is 11.1. The van der Waals surface area contributed by atoms with Crippen molar-refractivity contribution in [2.24, 2.45) is 5.73 Å². The van der Waals surface area contributed by atoms with Gasteiger partial charge in [0.1, 0.15) is 0 Å². The molecule has 96 valence electrons. The van der Waals surface area contributed by atoms with E-state index in [2.05, 4.69) is 5.32 Å². The van der Waals surface area contributed by atoms with E-state index in [1.165, 1.54) is 6.08 Å². The van der Waals surface area contributed by atoms with E-state index in [0.29, 0.717) is 24.4 Å². The largest absolute Gasteiger partial charge is 0.463 e. The van der Waals surface area contributed by atoms with Gasteiger partial charge in [0.25, 0.3) is 5.91 Å². The van der Waals surface area contributed by atoms with Gasteiger partial charge >= 0.3 is 5.97 Å². The molecule has 0 aliphatic heterocycles. The Bertz CT molecular complexity index is 455. The van der Waals surface area contributed by atoms with Gasteiger partial charge in [-0.05, 0) is 19.1 Å². The molecule has 0 saturated heterocycles. The SMILES string of the molecule is CCOC(=O)C=CCNc1ccccc1C(N)=O. The van der Waals surface area contributed by atoms with Crippen molar-refractivity contribution in [2.75, 3.05) is 18.5 Å². The standard InChI is InChI=1S/C13H16N2O3/c1-2-18-12(16)8-5-9-15-11-7-4-3-6-10(11)13(14)17/h3-8,15H,2,9H2,1H3,(H2,14,17). The molecule has 0 bridgehead atoms. The Balaban J connectivity index is 2.54. The predicted molar refractivity (Wildman–Crippen MR) is 69.2 cm³/mol. The molecular formula is C13H16N2O3. The zero-order valence-electron chi connectivity index (χ0n) is 10.2. The van der Waals surface area contributed by atoms with Gasteiger partial charge in [0, 0.05) is 18.3 Å². The van der Waals surface area contributed by atoms with Crippen LogP contribution in [-0.4, -0.2) is 25.0 Å². The van der Waals surface area contributed by atoms with E-state index in [-0.39, 0.29) is 5.97 Å². The molecule has 0 aromatic heterocycles. The normalized spacial score (nSPS) is 10.3. The molecule has 0 spiro atoms. The minimum atomic E-state index is -0.493. The number of para-hydroxylation sites is 1. The molecule has 0 atom stereocenters. The van der Waals surface area contributed by atoms with Gasteiger partial charge in [-0.15, -0.1) is 0 Å². The molecule has 1 aromatic carbocycles. The van der Waals surface area contributed by atoms with Gasteiger partial charge in [0.2, 0.25) is 0 Å². The summed E-state index contributed by atoms with van der Waals surface area (Å²) in [7, 11) is 0. The van der Waals surface area contributed by atoms with E-state index in [9.17, 15) is 9.59 Å². The zero-order chi connectivity index (χ0) is 13.4. The van der Waals surface area contributed by atoms with Crippen LogP contribution in [0.2, 0.25) is 0 Å². The van der Waals surface area contributed by atoms with E-state index in [0.717, 1.165) is 0 Å². The van der Waals surface area contributed by atoms with Crippen LogP contribution in [0.4, 0.5) is 5.69 Å². The highest BCUT2D eigenvalue weighted by Crippen LogP contribution is 2.13. The number of hydrogen-bond donors (Lipinski definition) is 2. The number of nitrogens with one attached hydrogen (secondary N) is 1. The van der Waals surface area contributed by atoms with Crippen LogP contribution >= 0.6 is 0 Å². The van der Waals surface area contributed by atoms with Crippen LogP contribution in [-0.2, 0) is 9.53 Å². The predicted octanol–water partition coefficient (Wildman–Crippen LogP) is 1.32. The minimum absolute atomic E-state index is 0.348. The summed E-state index contributed by atoms with van der Waals surface area (Å²) in [5, 5.41) is 3.00. The van der Waals surface area contributed by atoms with Crippen LogP contribution in [0.5, 0.6) is 0 Å². The van der Waals surface area contributed by atoms with E-state index in [1.54, 1.807) is 37.3 Å². The van der Waals surface area contributed by atoms with Gasteiger partial charge in [-0.1, -0.05) is 18.2 Å². The number of anilines is 1. The third-order valence-electron chi connectivity index (χ3n) is 2.14. The molecule has 0 aliphatic carbocycles. The Hall–Kier alpha value is -2.30. The van der Waals surface area contributed by atoms with E-state index in [1.807, 2.05) is 0 Å². The highest BCUT2D eigenvalue weighted by atomic mass is 16.5. The Morgan fingerprint density at radius 1 is 1.39 bits per heavy atom. The molecule has 0 aliphatic rings. The zero-order valence-corrected chi connectivity index (χ0v) is 10.2. The number of amides is 1. The fourth-order valence-electron chi connectivity index (χ4n) is 1.37. The van der Waals surface area contributed by atoms with Crippen LogP contribution in [0.1, 0.15) is 17.3 Å². The van der Waals surface area contributed by atoms with E-state index >= 15 is 0 Å². The molecule has 5 nitrogen and oxygen atoms in total. The lowest BCUT2D eigenvalue weighted by Gasteiger charge is -2.07. The molecule has 3 N–H and O–H groups in total. The van der Waals surface area contributed by atoms with Crippen LogP contribution in [0, 0.1) is 0 Å². The molecule has 0 heterocycles. The summed E-state index contributed by atoms with van der Waals surface area (Å²) in [6.07, 6.45) is 2.96. The van der Waals surface area contributed by atoms with Crippen molar-refractivity contribution >= 4 is 17.6 Å². The molecule has 0 saturated carbocycles. The lowest BCUT2D eigenvalue weighted by Crippen LogP contribution is -2.14. The van der Waals surface area contributed by atoms with Crippen molar-refractivity contribution in [3.05, 3.63) is 42.0 Å². The highest BCUT2D eigenvalue weighted by Gasteiger charge is 2.05. The maximum Gasteiger partial charge on any atom is 0.330 e. The molecule has 1 aromatic rings. The van der Waals surface area contributed by atoms with Crippen LogP contribution in [0.15, 0.2) is 36.4 Å². The summed E-state index contributed by atoms with van der Waals surface area (Å²) in [5.74, 6) is -0.880. The first-order valence-corrected chi connectivity index (χ1v) is 5.61. The summed E-state index contributed by atoms with van der Waals surface area (Å²) < 4.78 is 4.73. The number of benzene rings is 1. The number of primary amides is 1. The smallest absolute Gasteiger partial charge is 0.330 e. The molecule has 0 unspecified atom stereocenters. The lowest BCUT2D eigenvalue weighted by atomic mass is 10.1. The highest BCUT2D eigenvalue weighted by molar-refractivity contribution is 5.98. The number of nitrogens with two attached hydrogens (primary N) is 1. The summed E-state index contributed by atoms with van der Waals surface area (Å²) in [6, 6.07) is 6.92. The third kappa shape index (κ3) is 4.29. The molecule has 18 heavy (non-hydrogen) atoms. The second kappa shape index (κ2) is 7.11. The van der Waals surface area contributed by atoms with E-state index < -0.39 is 5.91 Å². The summed E-state index contributed by atoms with van der Waals surface area (Å²) in [5.41, 5.74) is 6.29. The maximum atomic E-state index is 11.1. The molecule has 0 radical (unpaired) electrons. The first-order chi connectivity index (χ1) is 8.65. The topological polar surface area (TPSA) is 81.4 Å². The summed E-state index contributed by atoms with van der Waals surface area (Å²) >= 11 is 0. The number of hydrogen-bond acceptors (Lipinski definition) is 4. The van der Waals surface area contributed by atoms with Crippen LogP contribution in [0.25, 0.3) is 0 Å². The Labute approximate surface area is 106 Å². The van der Waals surface area contributed by atoms with Crippen LogP contribution in [0.3, 0.4) is 0 Å². The van der Waals surface area contributed by atoms with Crippen molar-refractivity contribution < 1.29 is 14.3 Å². The second-order valence-electron chi connectivity index (χ2n) is 3.45. The summed E-state index contributed by atoms with van der Waals surface area (Å²) in [4.78, 5) is 22.2. The second-order valence-corrected chi connectivity index (χ2v) is 3.45. The van der Waals surface area contributed by atoms with Gasteiger partial charge < -0.3 is 15.8 Å². The van der Waals surface area contributed by atoms with Crippen molar-refractivity contribution in [1.29, 1.82) is 0 Å². The lowest BCUT2D eigenvalue weighted by molar-refractivity contribution is -0.137. The fraction of sp³-hybridized carbons (Fsp3) is 0.231. The van der Waals surface area contributed by atoms with Gasteiger partial charge in [0.05, 0.1) is 12.2 Å². The first kappa shape index (κ1) is 13.8. The van der Waals surface area contributed by atoms with Crippen molar-refractivity contribution in [1.82, 2.24) is 0 Å². The Morgan fingerprint density at radius 3 is 2.78 bits per heavy atom. The third-order valence-corrected chi connectivity index (χ3v) is 2.14. The average molecular weight is 248 g/mol. The van der Waals surface area contributed by atoms with Crippen molar-refractivity contribution in [2.45, 2.75) is 6.92 Å². The fourth-order valence-corrected chi connectivity index (χ4v) is 1.37. The molecule has 5 heteroatoms. The van der Waals surface area contributed by atoms with Gasteiger partial charge in [-0.2, -0.15) is 0 Å². The summed E-state index contributed by atoms with van der Waals surface area (Å²) in [6.45, 7) is 2.50. The molecule has 1 rings (SSSR count).